The third-order valence-corrected chi connectivity index (χ3v) is 5.66. The van der Waals surface area contributed by atoms with Crippen molar-refractivity contribution in [2.45, 2.75) is 26.8 Å². The Morgan fingerprint density at radius 2 is 1.82 bits per heavy atom. The van der Waals surface area contributed by atoms with Crippen molar-refractivity contribution < 1.29 is 4.79 Å². The van der Waals surface area contributed by atoms with Gasteiger partial charge < -0.3 is 10.2 Å². The molecule has 2 aromatic carbocycles. The van der Waals surface area contributed by atoms with Crippen LogP contribution in [0.4, 0.5) is 5.95 Å². The summed E-state index contributed by atoms with van der Waals surface area (Å²) in [6, 6.07) is 15.3. The first-order valence-electron chi connectivity index (χ1n) is 9.55. The number of anilines is 1. The number of carbonyl (C=O) groups excluding carboxylic acids is 1. The number of halogens is 1. The maximum absolute atomic E-state index is 13.5. The van der Waals surface area contributed by atoms with E-state index in [0.717, 1.165) is 28.2 Å². The number of nitrogens with zero attached hydrogens (tertiary/aromatic N) is 3. The fourth-order valence-corrected chi connectivity index (χ4v) is 4.15. The van der Waals surface area contributed by atoms with Crippen molar-refractivity contribution in [3.8, 4) is 0 Å². The smallest absolute Gasteiger partial charge is 0.253 e. The van der Waals surface area contributed by atoms with E-state index in [1.807, 2.05) is 74.2 Å². The zero-order valence-electron chi connectivity index (χ0n) is 16.2. The summed E-state index contributed by atoms with van der Waals surface area (Å²) >= 11 is 6.61. The van der Waals surface area contributed by atoms with Crippen LogP contribution < -0.4 is 5.32 Å². The van der Waals surface area contributed by atoms with Crippen molar-refractivity contribution in [3.63, 3.8) is 0 Å². The van der Waals surface area contributed by atoms with Gasteiger partial charge in [-0.2, -0.15) is 0 Å². The minimum absolute atomic E-state index is 0.0170. The van der Waals surface area contributed by atoms with Gasteiger partial charge in [0.1, 0.15) is 0 Å². The number of imidazole rings is 1. The number of benzene rings is 2. The van der Waals surface area contributed by atoms with E-state index in [4.69, 9.17) is 16.6 Å². The minimum Gasteiger partial charge on any atom is -0.339 e. The molecule has 4 rings (SSSR count). The number of rotatable bonds is 4. The molecular weight excluding hydrogens is 372 g/mol. The molecule has 0 spiro atoms. The third-order valence-electron chi connectivity index (χ3n) is 5.31. The highest BCUT2D eigenvalue weighted by Gasteiger charge is 2.36. The van der Waals surface area contributed by atoms with Crippen LogP contribution in [-0.4, -0.2) is 33.4 Å². The van der Waals surface area contributed by atoms with Crippen molar-refractivity contribution in [1.29, 1.82) is 0 Å². The standard InChI is InChI=1S/C22H23ClN4O/c1-4-26(5-2)21(28)19-14(3)24-22-25-17-12-8-9-13-18(17)27(22)20(19)15-10-6-7-11-16(15)23/h6-13,20H,4-5H2,1-3H3,(H,24,25)/t20-/m0/s1. The van der Waals surface area contributed by atoms with Crippen molar-refractivity contribution in [2.24, 2.45) is 0 Å². The molecule has 1 aliphatic heterocycles. The summed E-state index contributed by atoms with van der Waals surface area (Å²) in [4.78, 5) is 20.1. The first-order chi connectivity index (χ1) is 13.6. The van der Waals surface area contributed by atoms with Crippen molar-refractivity contribution in [2.75, 3.05) is 18.4 Å². The maximum Gasteiger partial charge on any atom is 0.253 e. The van der Waals surface area contributed by atoms with E-state index in [0.29, 0.717) is 23.7 Å². The molecule has 5 nitrogen and oxygen atoms in total. The molecule has 1 aromatic heterocycles. The second-order valence-corrected chi connectivity index (χ2v) is 7.27. The number of nitrogens with one attached hydrogen (secondary N) is 1. The Hall–Kier alpha value is -2.79. The molecule has 0 saturated carbocycles. The van der Waals surface area contributed by atoms with E-state index in [-0.39, 0.29) is 11.9 Å². The molecule has 1 amide bonds. The summed E-state index contributed by atoms with van der Waals surface area (Å²) in [5.41, 5.74) is 4.25. The number of aromatic nitrogens is 2. The Balaban J connectivity index is 2.00. The van der Waals surface area contributed by atoms with E-state index in [1.54, 1.807) is 0 Å². The third kappa shape index (κ3) is 2.87. The second kappa shape index (κ2) is 7.32. The summed E-state index contributed by atoms with van der Waals surface area (Å²) in [6.45, 7) is 7.23. The van der Waals surface area contributed by atoms with Crippen LogP contribution in [0.15, 0.2) is 59.8 Å². The normalized spacial score (nSPS) is 16.1. The maximum atomic E-state index is 13.5. The van der Waals surface area contributed by atoms with Gasteiger partial charge in [-0.05, 0) is 44.5 Å². The summed E-state index contributed by atoms with van der Waals surface area (Å²) < 4.78 is 2.08. The Kier molecular flexibility index (Phi) is 4.85. The Bertz CT molecular complexity index is 1080. The molecule has 1 atom stereocenters. The molecule has 28 heavy (non-hydrogen) atoms. The second-order valence-electron chi connectivity index (χ2n) is 6.86. The number of carbonyl (C=O) groups is 1. The summed E-state index contributed by atoms with van der Waals surface area (Å²) in [7, 11) is 0. The average Bonchev–Trinajstić information content (AvgIpc) is 3.06. The molecule has 3 aromatic rings. The summed E-state index contributed by atoms with van der Waals surface area (Å²) in [5.74, 6) is 0.739. The van der Waals surface area contributed by atoms with Crippen molar-refractivity contribution >= 4 is 34.5 Å². The van der Waals surface area contributed by atoms with Crippen molar-refractivity contribution in [1.82, 2.24) is 14.5 Å². The van der Waals surface area contributed by atoms with Crippen LogP contribution in [0.1, 0.15) is 32.4 Å². The SMILES string of the molecule is CCN(CC)C(=O)C1=C(C)Nc2nc3ccccc3n2[C@H]1c1ccccc1Cl. The highest BCUT2D eigenvalue weighted by molar-refractivity contribution is 6.31. The van der Waals surface area contributed by atoms with Gasteiger partial charge in [0.15, 0.2) is 0 Å². The van der Waals surface area contributed by atoms with Crippen LogP contribution in [0.25, 0.3) is 11.0 Å². The van der Waals surface area contributed by atoms with Gasteiger partial charge in [0.2, 0.25) is 5.95 Å². The number of hydrogen-bond donors (Lipinski definition) is 1. The predicted molar refractivity (Wildman–Crippen MR) is 114 cm³/mol. The van der Waals surface area contributed by atoms with Crippen molar-refractivity contribution in [3.05, 3.63) is 70.4 Å². The molecule has 144 valence electrons. The lowest BCUT2D eigenvalue weighted by molar-refractivity contribution is -0.127. The first kappa shape index (κ1) is 18.6. The van der Waals surface area contributed by atoms with Crippen LogP contribution in [0.5, 0.6) is 0 Å². The number of para-hydroxylation sites is 2. The van der Waals surface area contributed by atoms with E-state index in [9.17, 15) is 4.79 Å². The largest absolute Gasteiger partial charge is 0.339 e. The number of hydrogen-bond acceptors (Lipinski definition) is 3. The van der Waals surface area contributed by atoms with Gasteiger partial charge in [-0.15, -0.1) is 0 Å². The number of likely N-dealkylation sites (N-methyl/N-ethyl adjacent to an activating group) is 1. The lowest BCUT2D eigenvalue weighted by atomic mass is 9.93. The van der Waals surface area contributed by atoms with Gasteiger partial charge in [0.05, 0.1) is 22.6 Å². The van der Waals surface area contributed by atoms with Crippen LogP contribution in [0.2, 0.25) is 5.02 Å². The van der Waals surface area contributed by atoms with Crippen LogP contribution >= 0.6 is 11.6 Å². The van der Waals surface area contributed by atoms with Gasteiger partial charge in [-0.1, -0.05) is 41.9 Å². The summed E-state index contributed by atoms with van der Waals surface area (Å²) in [6.07, 6.45) is 0. The topological polar surface area (TPSA) is 50.2 Å². The molecule has 0 unspecified atom stereocenters. The molecule has 1 aliphatic rings. The fraction of sp³-hybridized carbons (Fsp3) is 0.273. The van der Waals surface area contributed by atoms with E-state index < -0.39 is 0 Å². The summed E-state index contributed by atoms with van der Waals surface area (Å²) in [5, 5.41) is 3.98. The van der Waals surface area contributed by atoms with Gasteiger partial charge in [0, 0.05) is 23.8 Å². The first-order valence-corrected chi connectivity index (χ1v) is 9.93. The Labute approximate surface area is 169 Å². The molecule has 6 heteroatoms. The number of allylic oxidation sites excluding steroid dienone is 1. The molecule has 0 radical (unpaired) electrons. The molecular formula is C22H23ClN4O. The van der Waals surface area contributed by atoms with Gasteiger partial charge in [-0.25, -0.2) is 4.98 Å². The minimum atomic E-state index is -0.342. The highest BCUT2D eigenvalue weighted by Crippen LogP contribution is 2.41. The molecule has 1 N–H and O–H groups in total. The zero-order valence-corrected chi connectivity index (χ0v) is 17.0. The van der Waals surface area contributed by atoms with Gasteiger partial charge in [-0.3, -0.25) is 9.36 Å². The Morgan fingerprint density at radius 1 is 1.14 bits per heavy atom. The lowest BCUT2D eigenvalue weighted by Crippen LogP contribution is -2.38. The predicted octanol–water partition coefficient (Wildman–Crippen LogP) is 4.85. The number of fused-ring (bicyclic) bond motifs is 3. The zero-order chi connectivity index (χ0) is 19.8. The molecule has 2 heterocycles. The molecule has 0 bridgehead atoms. The quantitative estimate of drug-likeness (QED) is 0.688. The number of amides is 1. The molecule has 0 saturated heterocycles. The molecule has 0 fully saturated rings. The average molecular weight is 395 g/mol. The van der Waals surface area contributed by atoms with Gasteiger partial charge in [0.25, 0.3) is 5.91 Å². The van der Waals surface area contributed by atoms with E-state index >= 15 is 0 Å². The van der Waals surface area contributed by atoms with E-state index in [1.165, 1.54) is 0 Å². The van der Waals surface area contributed by atoms with E-state index in [2.05, 4.69) is 9.88 Å². The van der Waals surface area contributed by atoms with Crippen LogP contribution in [0.3, 0.4) is 0 Å². The van der Waals surface area contributed by atoms with Crippen LogP contribution in [0, 0.1) is 0 Å². The monoisotopic (exact) mass is 394 g/mol. The van der Waals surface area contributed by atoms with Gasteiger partial charge >= 0.3 is 0 Å². The van der Waals surface area contributed by atoms with Crippen LogP contribution in [-0.2, 0) is 4.79 Å². The highest BCUT2D eigenvalue weighted by atomic mass is 35.5. The Morgan fingerprint density at radius 3 is 2.54 bits per heavy atom. The fourth-order valence-electron chi connectivity index (χ4n) is 3.91. The molecule has 0 aliphatic carbocycles. The lowest BCUT2D eigenvalue weighted by Gasteiger charge is -2.33.